The lowest BCUT2D eigenvalue weighted by atomic mass is 9.96. The first-order valence-corrected chi connectivity index (χ1v) is 6.92. The molecule has 0 saturated carbocycles. The number of hydrogen-bond donors (Lipinski definition) is 2. The average Bonchev–Trinajstić information content (AvgIpc) is 2.46. The van der Waals surface area contributed by atoms with Gasteiger partial charge in [-0.3, -0.25) is 10.2 Å². The zero-order chi connectivity index (χ0) is 13.7. The van der Waals surface area contributed by atoms with Gasteiger partial charge in [0, 0.05) is 17.5 Å². The number of benzene rings is 1. The van der Waals surface area contributed by atoms with Gasteiger partial charge in [0.05, 0.1) is 5.69 Å². The summed E-state index contributed by atoms with van der Waals surface area (Å²) in [5.41, 5.74) is 3.48. The quantitative estimate of drug-likeness (QED) is 0.664. The van der Waals surface area contributed by atoms with Crippen LogP contribution in [0.4, 0.5) is 5.69 Å². The van der Waals surface area contributed by atoms with Gasteiger partial charge in [-0.15, -0.1) is 0 Å². The monoisotopic (exact) mass is 299 g/mol. The molecule has 2 rings (SSSR count). The van der Waals surface area contributed by atoms with Gasteiger partial charge in [0.1, 0.15) is 0 Å². The maximum Gasteiger partial charge on any atom is 0.198 e. The number of carbonyl (C=O) groups is 1. The predicted octanol–water partition coefficient (Wildman–Crippen LogP) is 2.87. The molecule has 1 aliphatic heterocycles. The molecular formula is C13H15Cl2N3O. The summed E-state index contributed by atoms with van der Waals surface area (Å²) in [6.07, 6.45) is 1.85. The van der Waals surface area contributed by atoms with Crippen molar-refractivity contribution in [3.63, 3.8) is 0 Å². The third-order valence-corrected chi connectivity index (χ3v) is 3.52. The van der Waals surface area contributed by atoms with Crippen LogP contribution >= 0.6 is 23.2 Å². The zero-order valence-corrected chi connectivity index (χ0v) is 11.8. The van der Waals surface area contributed by atoms with Gasteiger partial charge >= 0.3 is 0 Å². The fourth-order valence-corrected chi connectivity index (χ4v) is 2.26. The van der Waals surface area contributed by atoms with E-state index in [1.807, 2.05) is 0 Å². The number of nitrogens with one attached hydrogen (secondary N) is 2. The molecule has 0 spiro atoms. The van der Waals surface area contributed by atoms with E-state index in [0.29, 0.717) is 11.6 Å². The van der Waals surface area contributed by atoms with Crippen molar-refractivity contribution in [1.82, 2.24) is 5.32 Å². The normalized spacial score (nSPS) is 20.1. The van der Waals surface area contributed by atoms with Crippen LogP contribution in [-0.4, -0.2) is 24.0 Å². The minimum absolute atomic E-state index is 0.0105. The van der Waals surface area contributed by atoms with Crippen LogP contribution in [0.3, 0.4) is 0 Å². The van der Waals surface area contributed by atoms with Crippen LogP contribution in [0, 0.1) is 5.92 Å². The first-order chi connectivity index (χ1) is 9.16. The molecule has 1 aromatic rings. The van der Waals surface area contributed by atoms with E-state index in [0.717, 1.165) is 25.1 Å². The molecule has 1 heterocycles. The Hall–Kier alpha value is -1.10. The molecule has 1 aliphatic rings. The molecule has 6 heteroatoms. The summed E-state index contributed by atoms with van der Waals surface area (Å²) >= 11 is 11.7. The Morgan fingerprint density at radius 2 is 2.11 bits per heavy atom. The summed E-state index contributed by atoms with van der Waals surface area (Å²) in [4.78, 5) is 12.0. The smallest absolute Gasteiger partial charge is 0.198 e. The van der Waals surface area contributed by atoms with Gasteiger partial charge in [0.15, 0.2) is 11.0 Å². The number of hydrazone groups is 1. The highest BCUT2D eigenvalue weighted by Crippen LogP contribution is 2.15. The highest BCUT2D eigenvalue weighted by Gasteiger charge is 2.24. The summed E-state index contributed by atoms with van der Waals surface area (Å²) in [6, 6.07) is 7.01. The van der Waals surface area contributed by atoms with Gasteiger partial charge in [-0.1, -0.05) is 23.2 Å². The number of nitrogens with zero attached hydrogens (tertiary/aromatic N) is 1. The number of carbonyl (C=O) groups excluding carboxylic acids is 1. The van der Waals surface area contributed by atoms with E-state index in [2.05, 4.69) is 15.8 Å². The number of hydrogen-bond acceptors (Lipinski definition) is 4. The van der Waals surface area contributed by atoms with Crippen molar-refractivity contribution in [2.75, 3.05) is 18.5 Å². The lowest BCUT2D eigenvalue weighted by Crippen LogP contribution is -2.36. The highest BCUT2D eigenvalue weighted by atomic mass is 35.5. The molecule has 4 nitrogen and oxygen atoms in total. The lowest BCUT2D eigenvalue weighted by molar-refractivity contribution is -0.116. The zero-order valence-electron chi connectivity index (χ0n) is 10.3. The maximum atomic E-state index is 12.0. The van der Waals surface area contributed by atoms with Crippen LogP contribution in [0.2, 0.25) is 5.02 Å². The second-order valence-electron chi connectivity index (χ2n) is 4.43. The van der Waals surface area contributed by atoms with E-state index in [1.165, 1.54) is 0 Å². The Kier molecular flexibility index (Phi) is 5.19. The fourth-order valence-electron chi connectivity index (χ4n) is 1.94. The first kappa shape index (κ1) is 14.3. The molecule has 2 N–H and O–H groups in total. The first-order valence-electron chi connectivity index (χ1n) is 6.16. The van der Waals surface area contributed by atoms with E-state index in [1.54, 1.807) is 24.3 Å². The Morgan fingerprint density at radius 3 is 2.74 bits per heavy atom. The van der Waals surface area contributed by atoms with Crippen molar-refractivity contribution < 1.29 is 4.79 Å². The molecule has 0 aromatic heterocycles. The van der Waals surface area contributed by atoms with E-state index in [9.17, 15) is 4.79 Å². The number of halogens is 2. The molecule has 102 valence electrons. The standard InChI is InChI=1S/C13H15Cl2N3O/c14-10-3-5-11(6-4-10)17-18-13(15)12(19)9-2-1-7-16-8-9/h3-6,9,16-17H,1-2,7-8H2. The van der Waals surface area contributed by atoms with Crippen molar-refractivity contribution in [3.8, 4) is 0 Å². The molecule has 0 bridgehead atoms. The number of ketones is 1. The van der Waals surface area contributed by atoms with Crippen LogP contribution in [0.15, 0.2) is 29.4 Å². The minimum Gasteiger partial charge on any atom is -0.316 e. The molecular weight excluding hydrogens is 285 g/mol. The molecule has 1 saturated heterocycles. The summed E-state index contributed by atoms with van der Waals surface area (Å²) in [5, 5.41) is 7.72. The molecule has 0 amide bonds. The topological polar surface area (TPSA) is 53.5 Å². The number of Topliss-reactive ketones (excluding diaryl/α,β-unsaturated/α-hetero) is 1. The van der Waals surface area contributed by atoms with Crippen molar-refractivity contribution in [3.05, 3.63) is 29.3 Å². The van der Waals surface area contributed by atoms with Gasteiger partial charge in [-0.25, -0.2) is 0 Å². The molecule has 1 fully saturated rings. The van der Waals surface area contributed by atoms with Crippen molar-refractivity contribution in [2.24, 2.45) is 11.0 Å². The number of piperidine rings is 1. The maximum absolute atomic E-state index is 12.0. The van der Waals surface area contributed by atoms with Crippen molar-refractivity contribution >= 4 is 39.8 Å². The minimum atomic E-state index is -0.115. The molecule has 1 unspecified atom stereocenters. The second-order valence-corrected chi connectivity index (χ2v) is 5.22. The lowest BCUT2D eigenvalue weighted by Gasteiger charge is -2.20. The summed E-state index contributed by atoms with van der Waals surface area (Å²) < 4.78 is 0. The molecule has 1 atom stereocenters. The van der Waals surface area contributed by atoms with Crippen LogP contribution in [0.25, 0.3) is 0 Å². The number of anilines is 1. The average molecular weight is 300 g/mol. The highest BCUT2D eigenvalue weighted by molar-refractivity contribution is 6.83. The van der Waals surface area contributed by atoms with Gasteiger partial charge in [-0.05, 0) is 43.7 Å². The molecule has 19 heavy (non-hydrogen) atoms. The van der Waals surface area contributed by atoms with Gasteiger partial charge in [0.2, 0.25) is 0 Å². The van der Waals surface area contributed by atoms with E-state index < -0.39 is 0 Å². The van der Waals surface area contributed by atoms with Gasteiger partial charge in [-0.2, -0.15) is 5.10 Å². The molecule has 0 radical (unpaired) electrons. The third-order valence-electron chi connectivity index (χ3n) is 3.00. The van der Waals surface area contributed by atoms with E-state index in [-0.39, 0.29) is 16.9 Å². The Morgan fingerprint density at radius 1 is 1.37 bits per heavy atom. The Labute approximate surface area is 122 Å². The van der Waals surface area contributed by atoms with Crippen molar-refractivity contribution in [1.29, 1.82) is 0 Å². The number of rotatable bonds is 4. The third kappa shape index (κ3) is 4.20. The Balaban J connectivity index is 1.94. The second kappa shape index (κ2) is 6.89. The van der Waals surface area contributed by atoms with Crippen molar-refractivity contribution in [2.45, 2.75) is 12.8 Å². The van der Waals surface area contributed by atoms with Gasteiger partial charge in [0.25, 0.3) is 0 Å². The summed E-state index contributed by atoms with van der Waals surface area (Å²) in [5.74, 6) is -0.188. The van der Waals surface area contributed by atoms with Gasteiger partial charge < -0.3 is 5.32 Å². The SMILES string of the molecule is O=C(C(Cl)=NNc1ccc(Cl)cc1)C1CCCNC1. The summed E-state index contributed by atoms with van der Waals surface area (Å²) in [7, 11) is 0. The largest absolute Gasteiger partial charge is 0.316 e. The van der Waals surface area contributed by atoms with Crippen LogP contribution in [-0.2, 0) is 4.79 Å². The Bertz CT molecular complexity index is 467. The van der Waals surface area contributed by atoms with E-state index in [4.69, 9.17) is 23.2 Å². The predicted molar refractivity (Wildman–Crippen MR) is 79.0 cm³/mol. The van der Waals surface area contributed by atoms with Crippen LogP contribution in [0.1, 0.15) is 12.8 Å². The van der Waals surface area contributed by atoms with Crippen LogP contribution < -0.4 is 10.7 Å². The molecule has 0 aliphatic carbocycles. The fraction of sp³-hybridized carbons (Fsp3) is 0.385. The van der Waals surface area contributed by atoms with Crippen LogP contribution in [0.5, 0.6) is 0 Å². The molecule has 1 aromatic carbocycles. The summed E-state index contributed by atoms with van der Waals surface area (Å²) in [6.45, 7) is 1.63. The van der Waals surface area contributed by atoms with E-state index >= 15 is 0 Å².